The normalized spacial score (nSPS) is 13.7. The van der Waals surface area contributed by atoms with Crippen LogP contribution in [0.15, 0.2) is 53.4 Å². The Morgan fingerprint density at radius 2 is 1.78 bits per heavy atom. The first-order valence-electron chi connectivity index (χ1n) is 8.60. The largest absolute Gasteiger partial charge is 0.352 e. The molecule has 0 spiro atoms. The molecule has 0 bridgehead atoms. The minimum Gasteiger partial charge on any atom is -0.352 e. The lowest BCUT2D eigenvalue weighted by Crippen LogP contribution is -2.37. The fraction of sp³-hybridized carbons (Fsp3) is 0.263. The summed E-state index contributed by atoms with van der Waals surface area (Å²) in [5.74, 6) is -0.760. The van der Waals surface area contributed by atoms with Gasteiger partial charge in [0.25, 0.3) is 15.9 Å². The van der Waals surface area contributed by atoms with Gasteiger partial charge in [0.2, 0.25) is 5.91 Å². The quantitative estimate of drug-likeness (QED) is 0.674. The van der Waals surface area contributed by atoms with Crippen LogP contribution in [-0.4, -0.2) is 32.8 Å². The zero-order valence-electron chi connectivity index (χ0n) is 14.9. The van der Waals surface area contributed by atoms with E-state index in [0.29, 0.717) is 5.69 Å². The van der Waals surface area contributed by atoms with Gasteiger partial charge in [0, 0.05) is 17.3 Å². The van der Waals surface area contributed by atoms with Crippen molar-refractivity contribution >= 4 is 27.5 Å². The van der Waals surface area contributed by atoms with Crippen LogP contribution in [0, 0.1) is 6.92 Å². The number of carbonyl (C=O) groups is 2. The number of aryl methyl sites for hydroxylation is 1. The van der Waals surface area contributed by atoms with E-state index in [9.17, 15) is 18.0 Å². The zero-order valence-corrected chi connectivity index (χ0v) is 15.7. The number of nitrogens with one attached hydrogen (secondary N) is 3. The van der Waals surface area contributed by atoms with Gasteiger partial charge in [0.05, 0.1) is 11.4 Å². The molecule has 0 aliphatic heterocycles. The number of carbonyl (C=O) groups excluding carboxylic acids is 2. The topological polar surface area (TPSA) is 104 Å². The molecule has 27 heavy (non-hydrogen) atoms. The highest BCUT2D eigenvalue weighted by molar-refractivity contribution is 7.92. The molecule has 2 amide bonds. The van der Waals surface area contributed by atoms with Crippen molar-refractivity contribution in [3.05, 3.63) is 59.7 Å². The molecule has 8 heteroatoms. The van der Waals surface area contributed by atoms with Crippen LogP contribution in [0.25, 0.3) is 0 Å². The van der Waals surface area contributed by atoms with Crippen molar-refractivity contribution in [2.75, 3.05) is 11.3 Å². The maximum Gasteiger partial charge on any atom is 0.261 e. The summed E-state index contributed by atoms with van der Waals surface area (Å²) in [5.41, 5.74) is 1.62. The van der Waals surface area contributed by atoms with Crippen LogP contribution < -0.4 is 15.4 Å². The predicted octanol–water partition coefficient (Wildman–Crippen LogP) is 1.80. The lowest BCUT2D eigenvalue weighted by Gasteiger charge is -2.10. The van der Waals surface area contributed by atoms with E-state index in [1.807, 2.05) is 6.92 Å². The molecule has 1 aliphatic carbocycles. The molecule has 1 aliphatic rings. The molecule has 0 unspecified atom stereocenters. The van der Waals surface area contributed by atoms with E-state index in [-0.39, 0.29) is 29.0 Å². The smallest absolute Gasteiger partial charge is 0.261 e. The molecule has 1 saturated carbocycles. The molecular formula is C19H21N3O4S. The number of sulfonamides is 1. The number of hydrogen-bond acceptors (Lipinski definition) is 4. The third-order valence-corrected chi connectivity index (χ3v) is 5.44. The van der Waals surface area contributed by atoms with Gasteiger partial charge in [-0.1, -0.05) is 23.8 Å². The van der Waals surface area contributed by atoms with Gasteiger partial charge in [0.15, 0.2) is 0 Å². The number of benzene rings is 2. The van der Waals surface area contributed by atoms with Crippen molar-refractivity contribution in [3.8, 4) is 0 Å². The van der Waals surface area contributed by atoms with Crippen molar-refractivity contribution in [3.63, 3.8) is 0 Å². The standard InChI is InChI=1S/C19H21N3O4S/c1-13-5-7-16(8-6-13)22-27(25,26)17-4-2-3-14(11-17)19(24)20-12-18(23)21-15-9-10-15/h2-8,11,15,22H,9-10,12H2,1H3,(H,20,24)(H,21,23). The lowest BCUT2D eigenvalue weighted by molar-refractivity contribution is -0.120. The molecule has 2 aromatic carbocycles. The number of hydrogen-bond donors (Lipinski definition) is 3. The van der Waals surface area contributed by atoms with Crippen LogP contribution in [0.4, 0.5) is 5.69 Å². The number of anilines is 1. The highest BCUT2D eigenvalue weighted by Gasteiger charge is 2.23. The first kappa shape index (κ1) is 18.9. The van der Waals surface area contributed by atoms with Crippen molar-refractivity contribution < 1.29 is 18.0 Å². The molecule has 0 aromatic heterocycles. The molecular weight excluding hydrogens is 366 g/mol. The highest BCUT2D eigenvalue weighted by atomic mass is 32.2. The summed E-state index contributed by atoms with van der Waals surface area (Å²) in [6.45, 7) is 1.76. The summed E-state index contributed by atoms with van der Waals surface area (Å²) in [7, 11) is -3.83. The molecule has 0 heterocycles. The Kier molecular flexibility index (Phi) is 5.46. The Morgan fingerprint density at radius 1 is 1.07 bits per heavy atom. The van der Waals surface area contributed by atoms with Crippen LogP contribution in [0.1, 0.15) is 28.8 Å². The molecule has 0 atom stereocenters. The van der Waals surface area contributed by atoms with E-state index in [0.717, 1.165) is 18.4 Å². The average molecular weight is 387 g/mol. The first-order valence-corrected chi connectivity index (χ1v) is 10.1. The monoisotopic (exact) mass is 387 g/mol. The zero-order chi connectivity index (χ0) is 19.4. The highest BCUT2D eigenvalue weighted by Crippen LogP contribution is 2.19. The molecule has 7 nitrogen and oxygen atoms in total. The Balaban J connectivity index is 1.66. The summed E-state index contributed by atoms with van der Waals surface area (Å²) < 4.78 is 27.6. The fourth-order valence-electron chi connectivity index (χ4n) is 2.41. The van der Waals surface area contributed by atoms with Gasteiger partial charge in [-0.25, -0.2) is 8.42 Å². The second kappa shape index (κ2) is 7.79. The summed E-state index contributed by atoms with van der Waals surface area (Å²) in [6, 6.07) is 12.8. The van der Waals surface area contributed by atoms with E-state index in [1.165, 1.54) is 24.3 Å². The van der Waals surface area contributed by atoms with Gasteiger partial charge in [0.1, 0.15) is 0 Å². The minimum atomic E-state index is -3.83. The molecule has 2 aromatic rings. The Bertz CT molecular complexity index is 951. The van der Waals surface area contributed by atoms with Crippen LogP contribution in [-0.2, 0) is 14.8 Å². The van der Waals surface area contributed by atoms with Gasteiger partial charge in [-0.05, 0) is 50.1 Å². The Morgan fingerprint density at radius 3 is 2.44 bits per heavy atom. The second-order valence-electron chi connectivity index (χ2n) is 6.52. The van der Waals surface area contributed by atoms with Crippen molar-refractivity contribution in [1.82, 2.24) is 10.6 Å². The van der Waals surface area contributed by atoms with E-state index in [1.54, 1.807) is 24.3 Å². The Hall–Kier alpha value is -2.87. The number of rotatable bonds is 7. The van der Waals surface area contributed by atoms with Gasteiger partial charge < -0.3 is 10.6 Å². The van der Waals surface area contributed by atoms with Crippen LogP contribution in [0.3, 0.4) is 0 Å². The van der Waals surface area contributed by atoms with Crippen molar-refractivity contribution in [2.45, 2.75) is 30.7 Å². The maximum atomic E-state index is 12.5. The summed E-state index contributed by atoms with van der Waals surface area (Å²) >= 11 is 0. The van der Waals surface area contributed by atoms with Gasteiger partial charge >= 0.3 is 0 Å². The molecule has 0 saturated heterocycles. The summed E-state index contributed by atoms with van der Waals surface area (Å²) in [6.07, 6.45) is 1.93. The van der Waals surface area contributed by atoms with Crippen LogP contribution >= 0.6 is 0 Å². The van der Waals surface area contributed by atoms with Crippen LogP contribution in [0.2, 0.25) is 0 Å². The Labute approximate surface area is 158 Å². The lowest BCUT2D eigenvalue weighted by atomic mass is 10.2. The summed E-state index contributed by atoms with van der Waals surface area (Å²) in [4.78, 5) is 23.8. The average Bonchev–Trinajstić information content (AvgIpc) is 3.45. The van der Waals surface area contributed by atoms with Gasteiger partial charge in [-0.3, -0.25) is 14.3 Å². The first-order chi connectivity index (χ1) is 12.8. The van der Waals surface area contributed by atoms with Gasteiger partial charge in [-0.15, -0.1) is 0 Å². The molecule has 3 rings (SSSR count). The van der Waals surface area contributed by atoms with Crippen molar-refractivity contribution in [1.29, 1.82) is 0 Å². The van der Waals surface area contributed by atoms with E-state index in [4.69, 9.17) is 0 Å². The molecule has 142 valence electrons. The minimum absolute atomic E-state index is 0.0295. The van der Waals surface area contributed by atoms with E-state index in [2.05, 4.69) is 15.4 Å². The third kappa shape index (κ3) is 5.30. The van der Waals surface area contributed by atoms with Crippen molar-refractivity contribution in [2.24, 2.45) is 0 Å². The molecule has 0 radical (unpaired) electrons. The molecule has 3 N–H and O–H groups in total. The van der Waals surface area contributed by atoms with Crippen LogP contribution in [0.5, 0.6) is 0 Å². The van der Waals surface area contributed by atoms with E-state index < -0.39 is 15.9 Å². The SMILES string of the molecule is Cc1ccc(NS(=O)(=O)c2cccc(C(=O)NCC(=O)NC3CC3)c2)cc1. The number of amides is 2. The van der Waals surface area contributed by atoms with Gasteiger partial charge in [-0.2, -0.15) is 0 Å². The third-order valence-electron chi connectivity index (χ3n) is 4.06. The van der Waals surface area contributed by atoms with E-state index >= 15 is 0 Å². The predicted molar refractivity (Wildman–Crippen MR) is 102 cm³/mol. The maximum absolute atomic E-state index is 12.5. The fourth-order valence-corrected chi connectivity index (χ4v) is 3.51. The summed E-state index contributed by atoms with van der Waals surface area (Å²) in [5, 5.41) is 5.27. The second-order valence-corrected chi connectivity index (χ2v) is 8.21. The molecule has 1 fully saturated rings.